The summed E-state index contributed by atoms with van der Waals surface area (Å²) >= 11 is 3.20. The first-order valence-corrected chi connectivity index (χ1v) is 4.91. The van der Waals surface area contributed by atoms with Crippen molar-refractivity contribution in [2.75, 3.05) is 25.6 Å². The van der Waals surface area contributed by atoms with Crippen LogP contribution >= 0.6 is 15.9 Å². The van der Waals surface area contributed by atoms with E-state index in [1.165, 1.54) is 4.68 Å². The third kappa shape index (κ3) is 2.13. The standard InChI is InChI=1S/C8H12BrN3O2/c1-11(2)6-5-10-12(3-4-13)8(14)7(6)9/h5,13H,3-4H2,1-2H3. The number of anilines is 1. The zero-order valence-corrected chi connectivity index (χ0v) is 9.65. The maximum atomic E-state index is 11.6. The first-order valence-electron chi connectivity index (χ1n) is 4.11. The second kappa shape index (κ2) is 4.56. The van der Waals surface area contributed by atoms with E-state index in [2.05, 4.69) is 21.0 Å². The minimum absolute atomic E-state index is 0.0966. The molecule has 1 N–H and O–H groups in total. The predicted octanol–water partition coefficient (Wildman–Crippen LogP) is 0.0641. The molecule has 0 spiro atoms. The molecule has 0 amide bonds. The summed E-state index contributed by atoms with van der Waals surface area (Å²) in [6, 6.07) is 0. The van der Waals surface area contributed by atoms with Gasteiger partial charge in [-0.2, -0.15) is 5.10 Å². The number of aliphatic hydroxyl groups is 1. The molecule has 1 rings (SSSR count). The Morgan fingerprint density at radius 3 is 2.79 bits per heavy atom. The summed E-state index contributed by atoms with van der Waals surface area (Å²) in [7, 11) is 3.66. The van der Waals surface area contributed by atoms with Gasteiger partial charge in [-0.25, -0.2) is 4.68 Å². The van der Waals surface area contributed by atoms with Gasteiger partial charge in [-0.3, -0.25) is 4.79 Å². The molecular formula is C8H12BrN3O2. The second-order valence-electron chi connectivity index (χ2n) is 2.99. The highest BCUT2D eigenvalue weighted by Crippen LogP contribution is 2.18. The predicted molar refractivity (Wildman–Crippen MR) is 57.6 cm³/mol. The Hall–Kier alpha value is -0.880. The van der Waals surface area contributed by atoms with Gasteiger partial charge in [0.05, 0.1) is 25.0 Å². The van der Waals surface area contributed by atoms with Crippen LogP contribution in [0, 0.1) is 0 Å². The van der Waals surface area contributed by atoms with Crippen molar-refractivity contribution in [1.29, 1.82) is 0 Å². The van der Waals surface area contributed by atoms with Gasteiger partial charge in [0.2, 0.25) is 0 Å². The minimum Gasteiger partial charge on any atom is -0.394 e. The quantitative estimate of drug-likeness (QED) is 0.837. The smallest absolute Gasteiger partial charge is 0.283 e. The fourth-order valence-electron chi connectivity index (χ4n) is 1.02. The summed E-state index contributed by atoms with van der Waals surface area (Å²) in [5.74, 6) is 0. The molecule has 0 aromatic carbocycles. The maximum absolute atomic E-state index is 11.6. The summed E-state index contributed by atoms with van der Waals surface area (Å²) in [6.07, 6.45) is 1.58. The van der Waals surface area contributed by atoms with Gasteiger partial charge >= 0.3 is 0 Å². The lowest BCUT2D eigenvalue weighted by Gasteiger charge is -2.14. The van der Waals surface area contributed by atoms with Crippen molar-refractivity contribution >= 4 is 21.6 Å². The van der Waals surface area contributed by atoms with Crippen LogP contribution in [0.2, 0.25) is 0 Å². The Morgan fingerprint density at radius 1 is 1.64 bits per heavy atom. The zero-order chi connectivity index (χ0) is 10.7. The van der Waals surface area contributed by atoms with E-state index in [-0.39, 0.29) is 18.7 Å². The fraction of sp³-hybridized carbons (Fsp3) is 0.500. The molecule has 5 nitrogen and oxygen atoms in total. The van der Waals surface area contributed by atoms with Crippen LogP contribution in [-0.2, 0) is 6.54 Å². The van der Waals surface area contributed by atoms with E-state index in [4.69, 9.17) is 5.11 Å². The highest BCUT2D eigenvalue weighted by atomic mass is 79.9. The van der Waals surface area contributed by atoms with Crippen molar-refractivity contribution in [3.8, 4) is 0 Å². The van der Waals surface area contributed by atoms with Crippen LogP contribution in [0.25, 0.3) is 0 Å². The molecule has 0 fully saturated rings. The summed E-state index contributed by atoms with van der Waals surface area (Å²) in [4.78, 5) is 13.4. The van der Waals surface area contributed by atoms with Crippen LogP contribution < -0.4 is 10.5 Å². The lowest BCUT2D eigenvalue weighted by molar-refractivity contribution is 0.266. The van der Waals surface area contributed by atoms with Gasteiger partial charge in [-0.05, 0) is 15.9 Å². The van der Waals surface area contributed by atoms with Gasteiger partial charge in [-0.15, -0.1) is 0 Å². The minimum atomic E-state index is -0.231. The Balaban J connectivity index is 3.20. The Labute approximate surface area is 90.1 Å². The van der Waals surface area contributed by atoms with Gasteiger partial charge < -0.3 is 10.0 Å². The van der Waals surface area contributed by atoms with Crippen molar-refractivity contribution < 1.29 is 5.11 Å². The van der Waals surface area contributed by atoms with Crippen LogP contribution in [0.1, 0.15) is 0 Å². The van der Waals surface area contributed by atoms with Gasteiger partial charge in [0, 0.05) is 14.1 Å². The van der Waals surface area contributed by atoms with E-state index in [1.807, 2.05) is 14.1 Å². The van der Waals surface area contributed by atoms with E-state index < -0.39 is 0 Å². The molecule has 0 radical (unpaired) electrons. The second-order valence-corrected chi connectivity index (χ2v) is 3.78. The van der Waals surface area contributed by atoms with Crippen LogP contribution in [0.5, 0.6) is 0 Å². The van der Waals surface area contributed by atoms with Crippen molar-refractivity contribution in [1.82, 2.24) is 9.78 Å². The zero-order valence-electron chi connectivity index (χ0n) is 8.07. The first-order chi connectivity index (χ1) is 6.57. The van der Waals surface area contributed by atoms with Crippen LogP contribution in [0.15, 0.2) is 15.5 Å². The van der Waals surface area contributed by atoms with Crippen molar-refractivity contribution in [2.24, 2.45) is 0 Å². The summed E-state index contributed by atoms with van der Waals surface area (Å²) < 4.78 is 1.68. The third-order valence-electron chi connectivity index (χ3n) is 1.76. The van der Waals surface area contributed by atoms with E-state index in [1.54, 1.807) is 11.1 Å². The molecule has 0 unspecified atom stereocenters. The van der Waals surface area contributed by atoms with E-state index in [0.29, 0.717) is 4.47 Å². The van der Waals surface area contributed by atoms with Crippen molar-refractivity contribution in [3.63, 3.8) is 0 Å². The van der Waals surface area contributed by atoms with Crippen LogP contribution in [-0.4, -0.2) is 35.6 Å². The monoisotopic (exact) mass is 261 g/mol. The molecule has 14 heavy (non-hydrogen) atoms. The lowest BCUT2D eigenvalue weighted by Crippen LogP contribution is -2.27. The first kappa shape index (κ1) is 11.2. The molecule has 1 aromatic rings. The number of halogens is 1. The number of hydrogen-bond donors (Lipinski definition) is 1. The largest absolute Gasteiger partial charge is 0.394 e. The van der Waals surface area contributed by atoms with E-state index >= 15 is 0 Å². The molecule has 0 saturated carbocycles. The van der Waals surface area contributed by atoms with E-state index in [9.17, 15) is 4.79 Å². The van der Waals surface area contributed by atoms with Gasteiger partial charge in [0.15, 0.2) is 0 Å². The average molecular weight is 262 g/mol. The molecule has 0 aliphatic heterocycles. The van der Waals surface area contributed by atoms with E-state index in [0.717, 1.165) is 5.69 Å². The molecule has 78 valence electrons. The molecule has 0 atom stereocenters. The number of aromatic nitrogens is 2. The number of nitrogens with zero attached hydrogens (tertiary/aromatic N) is 3. The highest BCUT2D eigenvalue weighted by molar-refractivity contribution is 9.10. The van der Waals surface area contributed by atoms with Crippen LogP contribution in [0.4, 0.5) is 5.69 Å². The molecule has 6 heteroatoms. The normalized spacial score (nSPS) is 10.3. The Kier molecular flexibility index (Phi) is 3.65. The molecule has 1 aromatic heterocycles. The van der Waals surface area contributed by atoms with Crippen LogP contribution in [0.3, 0.4) is 0 Å². The molecule has 0 aliphatic carbocycles. The Bertz CT molecular complexity index is 375. The lowest BCUT2D eigenvalue weighted by atomic mass is 10.4. The third-order valence-corrected chi connectivity index (χ3v) is 2.51. The van der Waals surface area contributed by atoms with Crippen molar-refractivity contribution in [2.45, 2.75) is 6.54 Å². The van der Waals surface area contributed by atoms with Crippen molar-refractivity contribution in [3.05, 3.63) is 21.0 Å². The average Bonchev–Trinajstić information content (AvgIpc) is 2.13. The molecule has 0 aliphatic rings. The topological polar surface area (TPSA) is 58.4 Å². The molecule has 0 saturated heterocycles. The number of aliphatic hydroxyl groups excluding tert-OH is 1. The molecule has 1 heterocycles. The highest BCUT2D eigenvalue weighted by Gasteiger charge is 2.09. The summed E-state index contributed by atoms with van der Waals surface area (Å²) in [5.41, 5.74) is 0.495. The van der Waals surface area contributed by atoms with Gasteiger partial charge in [0.1, 0.15) is 4.47 Å². The van der Waals surface area contributed by atoms with Gasteiger partial charge in [-0.1, -0.05) is 0 Å². The maximum Gasteiger partial charge on any atom is 0.283 e. The SMILES string of the molecule is CN(C)c1cnn(CCO)c(=O)c1Br. The molecule has 0 bridgehead atoms. The Morgan fingerprint density at radius 2 is 2.29 bits per heavy atom. The van der Waals surface area contributed by atoms with Gasteiger partial charge in [0.25, 0.3) is 5.56 Å². The molecular weight excluding hydrogens is 250 g/mol. The summed E-state index contributed by atoms with van der Waals surface area (Å²) in [6.45, 7) is 0.117. The summed E-state index contributed by atoms with van der Waals surface area (Å²) in [5, 5.41) is 12.6. The fourth-order valence-corrected chi connectivity index (χ4v) is 1.68. The number of rotatable bonds is 3. The number of hydrogen-bond acceptors (Lipinski definition) is 4.